The Bertz CT molecular complexity index is 564. The van der Waals surface area contributed by atoms with E-state index in [1.165, 1.54) is 0 Å². The molecule has 5 heteroatoms. The van der Waals surface area contributed by atoms with Crippen LogP contribution in [0.2, 0.25) is 0 Å². The summed E-state index contributed by atoms with van der Waals surface area (Å²) in [5.74, 6) is 1.38. The summed E-state index contributed by atoms with van der Waals surface area (Å²) in [5.41, 5.74) is 8.42. The van der Waals surface area contributed by atoms with Gasteiger partial charge in [0.2, 0.25) is 5.88 Å². The lowest BCUT2D eigenvalue weighted by atomic mass is 9.99. The van der Waals surface area contributed by atoms with Crippen molar-refractivity contribution in [3.63, 3.8) is 0 Å². The summed E-state index contributed by atoms with van der Waals surface area (Å²) in [6.07, 6.45) is 0. The molecule has 1 aromatic carbocycles. The molecule has 0 saturated carbocycles. The highest BCUT2D eigenvalue weighted by atomic mass is 79.9. The van der Waals surface area contributed by atoms with Crippen LogP contribution in [0.5, 0.6) is 5.75 Å². The largest absolute Gasteiger partial charge is 0.497 e. The third-order valence-electron chi connectivity index (χ3n) is 2.76. The van der Waals surface area contributed by atoms with Crippen molar-refractivity contribution in [2.45, 2.75) is 19.8 Å². The van der Waals surface area contributed by atoms with E-state index in [-0.39, 0.29) is 5.92 Å². The SMILES string of the molecule is COc1ccc(Br)c(-c2noc(N)c2C(C)C)c1. The van der Waals surface area contributed by atoms with Crippen LogP contribution in [-0.2, 0) is 0 Å². The van der Waals surface area contributed by atoms with E-state index in [0.717, 1.165) is 27.0 Å². The summed E-state index contributed by atoms with van der Waals surface area (Å²) in [5, 5.41) is 4.06. The summed E-state index contributed by atoms with van der Waals surface area (Å²) < 4.78 is 11.3. The van der Waals surface area contributed by atoms with E-state index in [9.17, 15) is 0 Å². The molecule has 2 N–H and O–H groups in total. The number of anilines is 1. The van der Waals surface area contributed by atoms with Gasteiger partial charge in [-0.25, -0.2) is 0 Å². The molecule has 0 fully saturated rings. The highest BCUT2D eigenvalue weighted by Crippen LogP contribution is 2.38. The molecule has 1 heterocycles. The fourth-order valence-corrected chi connectivity index (χ4v) is 2.31. The molecule has 0 amide bonds. The van der Waals surface area contributed by atoms with Crippen molar-refractivity contribution >= 4 is 21.8 Å². The maximum Gasteiger partial charge on any atom is 0.226 e. The molecule has 0 saturated heterocycles. The lowest BCUT2D eigenvalue weighted by Gasteiger charge is -2.08. The third-order valence-corrected chi connectivity index (χ3v) is 3.45. The highest BCUT2D eigenvalue weighted by molar-refractivity contribution is 9.10. The maximum absolute atomic E-state index is 5.82. The molecular formula is C13H15BrN2O2. The van der Waals surface area contributed by atoms with Crippen LogP contribution in [0.3, 0.4) is 0 Å². The average Bonchev–Trinajstić information content (AvgIpc) is 2.72. The Labute approximate surface area is 114 Å². The number of hydrogen-bond donors (Lipinski definition) is 1. The zero-order valence-corrected chi connectivity index (χ0v) is 12.1. The molecule has 0 unspecified atom stereocenters. The summed E-state index contributed by atoms with van der Waals surface area (Å²) in [6, 6.07) is 5.71. The van der Waals surface area contributed by atoms with Crippen molar-refractivity contribution in [1.82, 2.24) is 5.16 Å². The smallest absolute Gasteiger partial charge is 0.226 e. The Morgan fingerprint density at radius 1 is 1.39 bits per heavy atom. The van der Waals surface area contributed by atoms with E-state index in [2.05, 4.69) is 34.9 Å². The van der Waals surface area contributed by atoms with Gasteiger partial charge in [-0.15, -0.1) is 0 Å². The zero-order chi connectivity index (χ0) is 13.3. The van der Waals surface area contributed by atoms with Gasteiger partial charge in [-0.1, -0.05) is 34.9 Å². The summed E-state index contributed by atoms with van der Waals surface area (Å²) >= 11 is 3.51. The van der Waals surface area contributed by atoms with Crippen LogP contribution < -0.4 is 10.5 Å². The molecule has 2 aromatic rings. The van der Waals surface area contributed by atoms with Gasteiger partial charge in [0, 0.05) is 15.6 Å². The van der Waals surface area contributed by atoms with Gasteiger partial charge >= 0.3 is 0 Å². The van der Waals surface area contributed by atoms with E-state index in [1.54, 1.807) is 7.11 Å². The minimum atomic E-state index is 0.240. The monoisotopic (exact) mass is 310 g/mol. The molecule has 4 nitrogen and oxygen atoms in total. The van der Waals surface area contributed by atoms with Crippen molar-refractivity contribution in [1.29, 1.82) is 0 Å². The second-order valence-corrected chi connectivity index (χ2v) is 5.16. The number of nitrogens with two attached hydrogens (primary N) is 1. The molecule has 0 aliphatic heterocycles. The minimum Gasteiger partial charge on any atom is -0.497 e. The van der Waals surface area contributed by atoms with Crippen molar-refractivity contribution in [3.05, 3.63) is 28.2 Å². The van der Waals surface area contributed by atoms with Crippen LogP contribution in [0.25, 0.3) is 11.3 Å². The number of nitrogens with zero attached hydrogens (tertiary/aromatic N) is 1. The standard InChI is InChI=1S/C13H15BrN2O2/c1-7(2)11-12(16-18-13(11)15)9-6-8(17-3)4-5-10(9)14/h4-7H,15H2,1-3H3. The fourth-order valence-electron chi connectivity index (χ4n) is 1.87. The van der Waals surface area contributed by atoms with E-state index < -0.39 is 0 Å². The Morgan fingerprint density at radius 3 is 2.72 bits per heavy atom. The van der Waals surface area contributed by atoms with E-state index in [4.69, 9.17) is 15.0 Å². The first-order chi connectivity index (χ1) is 8.54. The second-order valence-electron chi connectivity index (χ2n) is 4.31. The molecular weight excluding hydrogens is 296 g/mol. The molecule has 18 heavy (non-hydrogen) atoms. The predicted octanol–water partition coefficient (Wildman–Crippen LogP) is 3.82. The summed E-state index contributed by atoms with van der Waals surface area (Å²) in [4.78, 5) is 0. The lowest BCUT2D eigenvalue weighted by molar-refractivity contribution is 0.414. The van der Waals surface area contributed by atoms with Gasteiger partial charge in [0.1, 0.15) is 11.4 Å². The van der Waals surface area contributed by atoms with Gasteiger partial charge in [-0.05, 0) is 24.1 Å². The Kier molecular flexibility index (Phi) is 3.61. The van der Waals surface area contributed by atoms with Crippen LogP contribution in [0.1, 0.15) is 25.3 Å². The zero-order valence-electron chi connectivity index (χ0n) is 10.5. The topological polar surface area (TPSA) is 61.3 Å². The molecule has 0 aliphatic rings. The molecule has 2 rings (SSSR count). The quantitative estimate of drug-likeness (QED) is 0.936. The van der Waals surface area contributed by atoms with Crippen LogP contribution in [0.15, 0.2) is 27.2 Å². The van der Waals surface area contributed by atoms with Gasteiger partial charge in [-0.3, -0.25) is 0 Å². The van der Waals surface area contributed by atoms with Crippen molar-refractivity contribution in [2.75, 3.05) is 12.8 Å². The number of halogens is 1. The average molecular weight is 311 g/mol. The number of nitrogen functional groups attached to an aromatic ring is 1. The Hall–Kier alpha value is -1.49. The van der Waals surface area contributed by atoms with Crippen LogP contribution in [0, 0.1) is 0 Å². The lowest BCUT2D eigenvalue weighted by Crippen LogP contribution is -1.95. The number of rotatable bonds is 3. The summed E-state index contributed by atoms with van der Waals surface area (Å²) in [6.45, 7) is 4.11. The normalized spacial score (nSPS) is 10.9. The van der Waals surface area contributed by atoms with Gasteiger partial charge in [0.25, 0.3) is 0 Å². The predicted molar refractivity (Wildman–Crippen MR) is 74.7 cm³/mol. The van der Waals surface area contributed by atoms with Gasteiger partial charge in [-0.2, -0.15) is 0 Å². The first-order valence-electron chi connectivity index (χ1n) is 5.63. The number of methoxy groups -OCH3 is 1. The van der Waals surface area contributed by atoms with Gasteiger partial charge in [0.05, 0.1) is 7.11 Å². The molecule has 0 radical (unpaired) electrons. The molecule has 1 aromatic heterocycles. The van der Waals surface area contributed by atoms with Crippen LogP contribution in [0.4, 0.5) is 5.88 Å². The molecule has 0 spiro atoms. The second kappa shape index (κ2) is 5.02. The third kappa shape index (κ3) is 2.22. The molecule has 0 atom stereocenters. The van der Waals surface area contributed by atoms with Crippen LogP contribution in [-0.4, -0.2) is 12.3 Å². The van der Waals surface area contributed by atoms with Gasteiger partial charge < -0.3 is 15.0 Å². The number of hydrogen-bond acceptors (Lipinski definition) is 4. The van der Waals surface area contributed by atoms with E-state index >= 15 is 0 Å². The van der Waals surface area contributed by atoms with Crippen LogP contribution >= 0.6 is 15.9 Å². The Balaban J connectivity index is 2.61. The van der Waals surface area contributed by atoms with Gasteiger partial charge in [0.15, 0.2) is 0 Å². The first-order valence-corrected chi connectivity index (χ1v) is 6.42. The number of aromatic nitrogens is 1. The highest BCUT2D eigenvalue weighted by Gasteiger charge is 2.20. The Morgan fingerprint density at radius 2 is 2.11 bits per heavy atom. The van der Waals surface area contributed by atoms with E-state index in [1.807, 2.05) is 18.2 Å². The summed E-state index contributed by atoms with van der Waals surface area (Å²) in [7, 11) is 1.63. The number of ether oxygens (including phenoxy) is 1. The van der Waals surface area contributed by atoms with E-state index in [0.29, 0.717) is 5.88 Å². The molecule has 0 bridgehead atoms. The first kappa shape index (κ1) is 13.0. The van der Waals surface area contributed by atoms with Crippen molar-refractivity contribution < 1.29 is 9.26 Å². The van der Waals surface area contributed by atoms with Crippen molar-refractivity contribution in [3.8, 4) is 17.0 Å². The van der Waals surface area contributed by atoms with Crippen molar-refractivity contribution in [2.24, 2.45) is 0 Å². The minimum absolute atomic E-state index is 0.240. The molecule has 0 aliphatic carbocycles. The molecule has 96 valence electrons. The fraction of sp³-hybridized carbons (Fsp3) is 0.308. The maximum atomic E-state index is 5.82. The number of benzene rings is 1.